The molecule has 0 saturated carbocycles. The number of nitrogens with zero attached hydrogens (tertiary/aromatic N) is 1. The summed E-state index contributed by atoms with van der Waals surface area (Å²) in [6.45, 7) is 0.603. The number of fused-ring (bicyclic) bond motifs is 1. The first-order chi connectivity index (χ1) is 9.36. The van der Waals surface area contributed by atoms with Gasteiger partial charge in [0, 0.05) is 11.8 Å². The molecule has 0 unspecified atom stereocenters. The minimum Gasteiger partial charge on any atom is -0.439 e. The fourth-order valence-corrected chi connectivity index (χ4v) is 2.59. The van der Waals surface area contributed by atoms with Crippen LogP contribution >= 0.6 is 0 Å². The first kappa shape index (κ1) is 12.2. The fourth-order valence-electron chi connectivity index (χ4n) is 2.59. The summed E-state index contributed by atoms with van der Waals surface area (Å²) < 4.78 is 5.92. The first-order valence-corrected chi connectivity index (χ1v) is 6.80. The smallest absolute Gasteiger partial charge is 0.222 e. The molecule has 1 aliphatic carbocycles. The lowest BCUT2D eigenvalue weighted by atomic mass is 10.1. The van der Waals surface area contributed by atoms with Gasteiger partial charge in [-0.3, -0.25) is 0 Å². The van der Waals surface area contributed by atoms with Crippen molar-refractivity contribution in [3.05, 3.63) is 53.2 Å². The highest BCUT2D eigenvalue weighted by Gasteiger charge is 2.12. The molecule has 0 amide bonds. The van der Waals surface area contributed by atoms with Crippen molar-refractivity contribution < 1.29 is 4.74 Å². The average molecular weight is 254 g/mol. The summed E-state index contributed by atoms with van der Waals surface area (Å²) >= 11 is 0. The number of benzene rings is 1. The van der Waals surface area contributed by atoms with Crippen molar-refractivity contribution in [3.63, 3.8) is 0 Å². The lowest BCUT2D eigenvalue weighted by molar-refractivity contribution is 0.455. The molecule has 2 N–H and O–H groups in total. The van der Waals surface area contributed by atoms with Crippen LogP contribution < -0.4 is 10.5 Å². The Morgan fingerprint density at radius 2 is 2.05 bits per heavy atom. The zero-order chi connectivity index (χ0) is 13.1. The molecule has 0 atom stereocenters. The molecule has 1 aliphatic rings. The molecule has 2 aromatic rings. The number of pyridine rings is 1. The zero-order valence-corrected chi connectivity index (χ0v) is 10.9. The number of hydrogen-bond acceptors (Lipinski definition) is 3. The van der Waals surface area contributed by atoms with Gasteiger partial charge in [-0.05, 0) is 61.6 Å². The number of hydrogen-bond donors (Lipinski definition) is 1. The Morgan fingerprint density at radius 3 is 2.95 bits per heavy atom. The summed E-state index contributed by atoms with van der Waals surface area (Å²) in [5.41, 5.74) is 9.54. The average Bonchev–Trinajstić information content (AvgIpc) is 2.89. The van der Waals surface area contributed by atoms with E-state index in [9.17, 15) is 0 Å². The van der Waals surface area contributed by atoms with Crippen molar-refractivity contribution in [1.29, 1.82) is 0 Å². The minimum atomic E-state index is 0.603. The number of ether oxygens (including phenoxy) is 1. The second-order valence-corrected chi connectivity index (χ2v) is 4.89. The van der Waals surface area contributed by atoms with Crippen LogP contribution in [0.2, 0.25) is 0 Å². The highest BCUT2D eigenvalue weighted by Crippen LogP contribution is 2.29. The van der Waals surface area contributed by atoms with E-state index in [0.29, 0.717) is 12.4 Å². The Hall–Kier alpha value is -1.87. The van der Waals surface area contributed by atoms with Crippen LogP contribution in [0.1, 0.15) is 23.1 Å². The van der Waals surface area contributed by atoms with Gasteiger partial charge in [0.05, 0.1) is 0 Å². The molecular formula is C16H18N2O. The first-order valence-electron chi connectivity index (χ1n) is 6.80. The highest BCUT2D eigenvalue weighted by atomic mass is 16.5. The second-order valence-electron chi connectivity index (χ2n) is 4.89. The van der Waals surface area contributed by atoms with Gasteiger partial charge in [0.1, 0.15) is 5.75 Å². The zero-order valence-electron chi connectivity index (χ0n) is 10.9. The van der Waals surface area contributed by atoms with E-state index in [1.54, 1.807) is 6.20 Å². The minimum absolute atomic E-state index is 0.603. The van der Waals surface area contributed by atoms with E-state index >= 15 is 0 Å². The topological polar surface area (TPSA) is 48.1 Å². The Kier molecular flexibility index (Phi) is 3.47. The van der Waals surface area contributed by atoms with Gasteiger partial charge >= 0.3 is 0 Å². The monoisotopic (exact) mass is 254 g/mol. The third-order valence-electron chi connectivity index (χ3n) is 3.55. The maximum atomic E-state index is 5.92. The normalized spacial score (nSPS) is 13.3. The number of aryl methyl sites for hydroxylation is 2. The van der Waals surface area contributed by atoms with Crippen LogP contribution in [-0.4, -0.2) is 11.5 Å². The second kappa shape index (κ2) is 5.41. The molecule has 1 heterocycles. The molecule has 0 aliphatic heterocycles. The Balaban J connectivity index is 1.85. The van der Waals surface area contributed by atoms with Crippen LogP contribution in [0.15, 0.2) is 36.5 Å². The van der Waals surface area contributed by atoms with Crippen LogP contribution in [0.4, 0.5) is 0 Å². The van der Waals surface area contributed by atoms with E-state index in [1.807, 2.05) is 18.2 Å². The molecule has 98 valence electrons. The van der Waals surface area contributed by atoms with Crippen LogP contribution in [-0.2, 0) is 19.3 Å². The van der Waals surface area contributed by atoms with Gasteiger partial charge in [0.15, 0.2) is 0 Å². The lowest BCUT2D eigenvalue weighted by Gasteiger charge is -2.10. The van der Waals surface area contributed by atoms with Gasteiger partial charge < -0.3 is 10.5 Å². The fraction of sp³-hybridized carbons (Fsp3) is 0.312. The standard InChI is InChI=1S/C16H18N2O/c17-9-8-13-5-2-10-18-16(13)19-15-7-6-12-3-1-4-14(12)11-15/h2,5-7,10-11H,1,3-4,8-9,17H2. The van der Waals surface area contributed by atoms with Gasteiger partial charge in [-0.25, -0.2) is 4.98 Å². The summed E-state index contributed by atoms with van der Waals surface area (Å²) in [4.78, 5) is 4.31. The third kappa shape index (κ3) is 2.61. The Labute approximate surface area is 113 Å². The molecule has 0 fully saturated rings. The maximum Gasteiger partial charge on any atom is 0.222 e. The van der Waals surface area contributed by atoms with Crippen molar-refractivity contribution in [3.8, 4) is 11.6 Å². The molecular weight excluding hydrogens is 236 g/mol. The number of aromatic nitrogens is 1. The summed E-state index contributed by atoms with van der Waals surface area (Å²) in [6.07, 6.45) is 6.14. The van der Waals surface area contributed by atoms with E-state index in [1.165, 1.54) is 24.0 Å². The van der Waals surface area contributed by atoms with Crippen molar-refractivity contribution in [2.75, 3.05) is 6.54 Å². The number of rotatable bonds is 4. The van der Waals surface area contributed by atoms with Crippen molar-refractivity contribution in [2.24, 2.45) is 5.73 Å². The predicted octanol–water partition coefficient (Wildman–Crippen LogP) is 2.86. The van der Waals surface area contributed by atoms with Gasteiger partial charge in [0.2, 0.25) is 5.88 Å². The summed E-state index contributed by atoms with van der Waals surface area (Å²) in [5.74, 6) is 1.54. The summed E-state index contributed by atoms with van der Waals surface area (Å²) in [6, 6.07) is 10.3. The summed E-state index contributed by atoms with van der Waals surface area (Å²) in [5, 5.41) is 0. The summed E-state index contributed by atoms with van der Waals surface area (Å²) in [7, 11) is 0. The van der Waals surface area contributed by atoms with Crippen LogP contribution in [0.3, 0.4) is 0 Å². The van der Waals surface area contributed by atoms with E-state index in [2.05, 4.69) is 17.1 Å². The third-order valence-corrected chi connectivity index (χ3v) is 3.55. The van der Waals surface area contributed by atoms with Crippen molar-refractivity contribution in [2.45, 2.75) is 25.7 Å². The molecule has 3 rings (SSSR count). The maximum absolute atomic E-state index is 5.92. The molecule has 0 bridgehead atoms. The predicted molar refractivity (Wildman–Crippen MR) is 75.5 cm³/mol. The SMILES string of the molecule is NCCc1cccnc1Oc1ccc2c(c1)CCC2. The van der Waals surface area contributed by atoms with Crippen molar-refractivity contribution >= 4 is 0 Å². The molecule has 0 spiro atoms. The van der Waals surface area contributed by atoms with Crippen LogP contribution in [0.25, 0.3) is 0 Å². The molecule has 3 nitrogen and oxygen atoms in total. The van der Waals surface area contributed by atoms with E-state index in [4.69, 9.17) is 10.5 Å². The largest absolute Gasteiger partial charge is 0.439 e. The number of nitrogens with two attached hydrogens (primary N) is 1. The van der Waals surface area contributed by atoms with E-state index in [0.717, 1.165) is 24.2 Å². The van der Waals surface area contributed by atoms with E-state index < -0.39 is 0 Å². The Bertz CT molecular complexity index is 581. The van der Waals surface area contributed by atoms with Crippen LogP contribution in [0.5, 0.6) is 11.6 Å². The van der Waals surface area contributed by atoms with Crippen molar-refractivity contribution in [1.82, 2.24) is 4.98 Å². The Morgan fingerprint density at radius 1 is 1.16 bits per heavy atom. The lowest BCUT2D eigenvalue weighted by Crippen LogP contribution is -2.04. The molecule has 0 saturated heterocycles. The van der Waals surface area contributed by atoms with Gasteiger partial charge in [0.25, 0.3) is 0 Å². The molecule has 1 aromatic carbocycles. The highest BCUT2D eigenvalue weighted by molar-refractivity contribution is 5.40. The molecule has 1 aromatic heterocycles. The molecule has 3 heteroatoms. The molecule has 0 radical (unpaired) electrons. The van der Waals surface area contributed by atoms with E-state index in [-0.39, 0.29) is 0 Å². The van der Waals surface area contributed by atoms with Gasteiger partial charge in [-0.1, -0.05) is 12.1 Å². The van der Waals surface area contributed by atoms with Gasteiger partial charge in [-0.15, -0.1) is 0 Å². The quantitative estimate of drug-likeness (QED) is 0.912. The van der Waals surface area contributed by atoms with Gasteiger partial charge in [-0.2, -0.15) is 0 Å². The molecule has 19 heavy (non-hydrogen) atoms. The van der Waals surface area contributed by atoms with Crippen LogP contribution in [0, 0.1) is 0 Å².